The standard InChI is InChI=1S/C12H7BrF3N3O4/c13-10-4-3-9(23-10)11(20)18-17-7-2-1-6(12(14,15)16)5-8(7)19(21)22/h1-5,17H,(H,18,20). The van der Waals surface area contributed by atoms with Crippen LogP contribution in [0.1, 0.15) is 16.1 Å². The van der Waals surface area contributed by atoms with Gasteiger partial charge in [0, 0.05) is 6.07 Å². The lowest BCUT2D eigenvalue weighted by molar-refractivity contribution is -0.384. The number of rotatable bonds is 4. The maximum atomic E-state index is 12.6. The molecule has 0 unspecified atom stereocenters. The van der Waals surface area contributed by atoms with Crippen molar-refractivity contribution in [2.75, 3.05) is 5.43 Å². The minimum atomic E-state index is -4.72. The largest absolute Gasteiger partial charge is 0.444 e. The van der Waals surface area contributed by atoms with Gasteiger partial charge in [-0.15, -0.1) is 0 Å². The monoisotopic (exact) mass is 393 g/mol. The molecule has 1 aromatic carbocycles. The number of hydrogen-bond acceptors (Lipinski definition) is 5. The molecule has 0 aliphatic rings. The first kappa shape index (κ1) is 16.8. The van der Waals surface area contributed by atoms with Gasteiger partial charge in [-0.2, -0.15) is 13.2 Å². The SMILES string of the molecule is O=C(NNc1ccc(C(F)(F)F)cc1[N+](=O)[O-])c1ccc(Br)o1. The first-order chi connectivity index (χ1) is 10.7. The van der Waals surface area contributed by atoms with Crippen LogP contribution in [0.4, 0.5) is 24.5 Å². The maximum absolute atomic E-state index is 12.6. The molecule has 11 heteroatoms. The van der Waals surface area contributed by atoms with Crippen molar-refractivity contribution >= 4 is 33.2 Å². The van der Waals surface area contributed by atoms with Crippen LogP contribution in [0.3, 0.4) is 0 Å². The van der Waals surface area contributed by atoms with Crippen LogP contribution in [0.5, 0.6) is 0 Å². The van der Waals surface area contributed by atoms with Gasteiger partial charge < -0.3 is 4.42 Å². The third-order valence-electron chi connectivity index (χ3n) is 2.63. The van der Waals surface area contributed by atoms with Gasteiger partial charge in [-0.1, -0.05) is 0 Å². The summed E-state index contributed by atoms with van der Waals surface area (Å²) < 4.78 is 43.0. The van der Waals surface area contributed by atoms with Crippen molar-refractivity contribution in [1.82, 2.24) is 5.43 Å². The van der Waals surface area contributed by atoms with E-state index in [0.717, 1.165) is 6.07 Å². The summed E-state index contributed by atoms with van der Waals surface area (Å²) in [5.74, 6) is -0.858. The van der Waals surface area contributed by atoms with E-state index >= 15 is 0 Å². The van der Waals surface area contributed by atoms with E-state index in [1.54, 1.807) is 0 Å². The lowest BCUT2D eigenvalue weighted by Crippen LogP contribution is -2.29. The summed E-state index contributed by atoms with van der Waals surface area (Å²) in [4.78, 5) is 21.6. The van der Waals surface area contributed by atoms with Crippen LogP contribution in [0.25, 0.3) is 0 Å². The zero-order chi connectivity index (χ0) is 17.2. The molecule has 2 N–H and O–H groups in total. The van der Waals surface area contributed by atoms with Gasteiger partial charge in [-0.3, -0.25) is 25.8 Å². The Morgan fingerprint density at radius 1 is 1.26 bits per heavy atom. The number of nitrogens with zero attached hydrogens (tertiary/aromatic N) is 1. The van der Waals surface area contributed by atoms with Gasteiger partial charge in [-0.25, -0.2) is 0 Å². The van der Waals surface area contributed by atoms with Crippen molar-refractivity contribution < 1.29 is 27.3 Å². The molecule has 1 aromatic heterocycles. The van der Waals surface area contributed by atoms with Gasteiger partial charge in [0.25, 0.3) is 5.69 Å². The summed E-state index contributed by atoms with van der Waals surface area (Å²) in [5.41, 5.74) is 1.98. The van der Waals surface area contributed by atoms with Crippen LogP contribution < -0.4 is 10.9 Å². The number of carbonyl (C=O) groups excluding carboxylic acids is 1. The predicted molar refractivity (Wildman–Crippen MR) is 75.6 cm³/mol. The van der Waals surface area contributed by atoms with Crippen LogP contribution in [-0.4, -0.2) is 10.8 Å². The summed E-state index contributed by atoms with van der Waals surface area (Å²) >= 11 is 2.99. The molecule has 1 amide bonds. The zero-order valence-electron chi connectivity index (χ0n) is 11.0. The highest BCUT2D eigenvalue weighted by Crippen LogP contribution is 2.34. The second kappa shape index (κ2) is 6.28. The lowest BCUT2D eigenvalue weighted by atomic mass is 10.1. The molecule has 7 nitrogen and oxygen atoms in total. The third-order valence-corrected chi connectivity index (χ3v) is 3.06. The van der Waals surface area contributed by atoms with Crippen LogP contribution >= 0.6 is 15.9 Å². The topological polar surface area (TPSA) is 97.4 Å². The number of carbonyl (C=O) groups is 1. The smallest absolute Gasteiger partial charge is 0.416 e. The summed E-state index contributed by atoms with van der Waals surface area (Å²) in [6.07, 6.45) is -4.72. The number of benzene rings is 1. The van der Waals surface area contributed by atoms with Gasteiger partial charge in [0.2, 0.25) is 0 Å². The molecule has 1 heterocycles. The number of hydrogen-bond donors (Lipinski definition) is 2. The molecule has 2 rings (SSSR count). The first-order valence-electron chi connectivity index (χ1n) is 5.86. The molecule has 0 fully saturated rings. The van der Waals surface area contributed by atoms with Crippen LogP contribution in [-0.2, 0) is 6.18 Å². The van der Waals surface area contributed by atoms with Crippen LogP contribution in [0.15, 0.2) is 39.4 Å². The van der Waals surface area contributed by atoms with E-state index in [9.17, 15) is 28.1 Å². The Hall–Kier alpha value is -2.56. The normalized spacial score (nSPS) is 11.1. The molecule has 23 heavy (non-hydrogen) atoms. The van der Waals surface area contributed by atoms with Gasteiger partial charge in [-0.05, 0) is 40.2 Å². The Morgan fingerprint density at radius 2 is 1.96 bits per heavy atom. The Kier molecular flexibility index (Phi) is 4.59. The van der Waals surface area contributed by atoms with E-state index in [1.807, 2.05) is 0 Å². The van der Waals surface area contributed by atoms with Crippen molar-refractivity contribution in [1.29, 1.82) is 0 Å². The fourth-order valence-corrected chi connectivity index (χ4v) is 1.89. The molecule has 0 bridgehead atoms. The van der Waals surface area contributed by atoms with Crippen molar-refractivity contribution in [2.24, 2.45) is 0 Å². The van der Waals surface area contributed by atoms with E-state index in [4.69, 9.17) is 4.42 Å². The average Bonchev–Trinajstić information content (AvgIpc) is 2.90. The molecule has 0 saturated heterocycles. The molecule has 0 aliphatic heterocycles. The molecule has 0 aliphatic carbocycles. The molecule has 0 radical (unpaired) electrons. The summed E-state index contributed by atoms with van der Waals surface area (Å²) in [5, 5.41) is 10.9. The fraction of sp³-hybridized carbons (Fsp3) is 0.0833. The molecule has 0 atom stereocenters. The van der Waals surface area contributed by atoms with Gasteiger partial charge in [0.1, 0.15) is 5.69 Å². The second-order valence-electron chi connectivity index (χ2n) is 4.17. The lowest BCUT2D eigenvalue weighted by Gasteiger charge is -2.10. The molecular weight excluding hydrogens is 387 g/mol. The van der Waals surface area contributed by atoms with Gasteiger partial charge in [0.15, 0.2) is 10.4 Å². The maximum Gasteiger partial charge on any atom is 0.416 e. The van der Waals surface area contributed by atoms with Crippen LogP contribution in [0.2, 0.25) is 0 Å². The number of anilines is 1. The number of halogens is 4. The first-order valence-corrected chi connectivity index (χ1v) is 6.65. The van der Waals surface area contributed by atoms with E-state index in [0.29, 0.717) is 16.8 Å². The number of amides is 1. The second-order valence-corrected chi connectivity index (χ2v) is 4.95. The Bertz CT molecular complexity index is 760. The minimum absolute atomic E-state index is 0.0982. The van der Waals surface area contributed by atoms with Gasteiger partial charge >= 0.3 is 12.1 Å². The minimum Gasteiger partial charge on any atom is -0.444 e. The van der Waals surface area contributed by atoms with Crippen molar-refractivity contribution in [3.8, 4) is 0 Å². The summed E-state index contributed by atoms with van der Waals surface area (Å²) in [7, 11) is 0. The highest BCUT2D eigenvalue weighted by Gasteiger charge is 2.33. The van der Waals surface area contributed by atoms with E-state index in [-0.39, 0.29) is 11.4 Å². The van der Waals surface area contributed by atoms with Crippen molar-refractivity contribution in [3.05, 3.63) is 56.4 Å². The highest BCUT2D eigenvalue weighted by molar-refractivity contribution is 9.10. The van der Waals surface area contributed by atoms with E-state index in [1.165, 1.54) is 12.1 Å². The number of alkyl halides is 3. The number of hydrazine groups is 1. The van der Waals surface area contributed by atoms with E-state index in [2.05, 4.69) is 26.8 Å². The molecule has 0 saturated carbocycles. The fourth-order valence-electron chi connectivity index (χ4n) is 1.59. The van der Waals surface area contributed by atoms with Gasteiger partial charge in [0.05, 0.1) is 10.5 Å². The summed E-state index contributed by atoms with van der Waals surface area (Å²) in [6.45, 7) is 0. The Balaban J connectivity index is 2.19. The Labute approximate surface area is 134 Å². The Morgan fingerprint density at radius 3 is 2.48 bits per heavy atom. The molecule has 0 spiro atoms. The zero-order valence-corrected chi connectivity index (χ0v) is 12.6. The summed E-state index contributed by atoms with van der Waals surface area (Å²) in [6, 6.07) is 4.67. The average molecular weight is 394 g/mol. The molecule has 2 aromatic rings. The number of furan rings is 1. The molecular formula is C12H7BrF3N3O4. The predicted octanol–water partition coefficient (Wildman–Crippen LogP) is 3.73. The quantitative estimate of drug-likeness (QED) is 0.609. The molecule has 122 valence electrons. The number of nitro benzene ring substituents is 1. The number of nitrogens with one attached hydrogen (secondary N) is 2. The van der Waals surface area contributed by atoms with Crippen molar-refractivity contribution in [3.63, 3.8) is 0 Å². The van der Waals surface area contributed by atoms with Crippen LogP contribution in [0, 0.1) is 10.1 Å². The number of nitro groups is 1. The van der Waals surface area contributed by atoms with Crippen molar-refractivity contribution in [2.45, 2.75) is 6.18 Å². The third kappa shape index (κ3) is 4.00. The van der Waals surface area contributed by atoms with E-state index < -0.39 is 28.3 Å². The highest BCUT2D eigenvalue weighted by atomic mass is 79.9.